The summed E-state index contributed by atoms with van der Waals surface area (Å²) in [7, 11) is 3.20. The molecule has 326 valence electrons. The number of aromatic nitrogens is 8. The van der Waals surface area contributed by atoms with Gasteiger partial charge in [0.2, 0.25) is 11.9 Å². The van der Waals surface area contributed by atoms with Crippen molar-refractivity contribution < 1.29 is 19.7 Å². The molecule has 0 aliphatic carbocycles. The quantitative estimate of drug-likeness (QED) is 0.0769. The van der Waals surface area contributed by atoms with E-state index in [1.807, 2.05) is 102 Å². The lowest BCUT2D eigenvalue weighted by Crippen LogP contribution is -2.30. The Bertz CT molecular complexity index is 2950. The molecule has 64 heavy (non-hydrogen) atoms. The zero-order valence-electron chi connectivity index (χ0n) is 36.0. The summed E-state index contributed by atoms with van der Waals surface area (Å²) in [6, 6.07) is 29.3. The molecule has 4 aromatic heterocycles. The number of benzene rings is 4. The first-order valence-corrected chi connectivity index (χ1v) is 21.1. The van der Waals surface area contributed by atoms with Gasteiger partial charge in [-0.15, -0.1) is 0 Å². The number of nitrogens with zero attached hydrogens (tertiary/aromatic N) is 8. The maximum absolute atomic E-state index is 12.3. The molecule has 8 aromatic rings. The van der Waals surface area contributed by atoms with Crippen molar-refractivity contribution >= 4 is 46.5 Å². The number of hydrogen-bond donors (Lipinski definition) is 4. The number of nitrogens with one attached hydrogen (secondary N) is 2. The summed E-state index contributed by atoms with van der Waals surface area (Å²) >= 11 is 12.9. The molecule has 0 aliphatic heterocycles. The first-order valence-electron chi connectivity index (χ1n) is 20.3. The van der Waals surface area contributed by atoms with Gasteiger partial charge in [0, 0.05) is 57.1 Å². The number of ether oxygens (including phenoxy) is 2. The lowest BCUT2D eigenvalue weighted by Gasteiger charge is -2.29. The molecule has 4 N–H and O–H groups in total. The molecule has 2 atom stereocenters. The standard InChI is InChI=1S/C48H46Cl2N10O4/c1-29-25-59(27-51-29)39-17-15-33(21-41(39)63-5)53-45-55-37(31-11-13-32(49)14-12-31)23-43(57-45)47(3,61)19-20-48(4,62)44-24-38(35-9-7-8-10-36(35)50)56-46(58-44)54-34-16-18-40(42(22-34)64-6)60-26-30(2)52-28-60/h7-18,21-28,61-62H,19-20H2,1-6H3,(H,53,55,57)(H,54,56,58). The van der Waals surface area contributed by atoms with Crippen LogP contribution in [0, 0.1) is 13.8 Å². The number of aryl methyl sites for hydroxylation is 2. The molecule has 14 nitrogen and oxygen atoms in total. The van der Waals surface area contributed by atoms with Gasteiger partial charge in [0.15, 0.2) is 0 Å². The van der Waals surface area contributed by atoms with E-state index in [-0.39, 0.29) is 24.7 Å². The summed E-state index contributed by atoms with van der Waals surface area (Å²) in [4.78, 5) is 28.0. The van der Waals surface area contributed by atoms with Crippen LogP contribution in [0.25, 0.3) is 33.9 Å². The van der Waals surface area contributed by atoms with Crippen LogP contribution >= 0.6 is 23.2 Å². The molecular weight excluding hydrogens is 851 g/mol. The molecule has 8 rings (SSSR count). The molecule has 0 aliphatic rings. The number of anilines is 4. The fraction of sp³-hybridized carbons (Fsp3) is 0.208. The Hall–Kier alpha value is -6.84. The lowest BCUT2D eigenvalue weighted by molar-refractivity contribution is -0.0119. The monoisotopic (exact) mass is 896 g/mol. The van der Waals surface area contributed by atoms with Gasteiger partial charge in [0.05, 0.1) is 72.4 Å². The third kappa shape index (κ3) is 9.70. The van der Waals surface area contributed by atoms with Crippen LogP contribution < -0.4 is 20.1 Å². The highest BCUT2D eigenvalue weighted by atomic mass is 35.5. The zero-order valence-corrected chi connectivity index (χ0v) is 37.5. The highest BCUT2D eigenvalue weighted by Crippen LogP contribution is 2.38. The largest absolute Gasteiger partial charge is 0.494 e. The van der Waals surface area contributed by atoms with E-state index in [9.17, 15) is 10.2 Å². The Kier molecular flexibility index (Phi) is 12.4. The summed E-state index contributed by atoms with van der Waals surface area (Å²) in [5.41, 5.74) is 4.63. The fourth-order valence-electron chi connectivity index (χ4n) is 7.18. The Labute approximate surface area is 380 Å². The first-order chi connectivity index (χ1) is 30.7. The van der Waals surface area contributed by atoms with Gasteiger partial charge in [-0.3, -0.25) is 0 Å². The predicted octanol–water partition coefficient (Wildman–Crippen LogP) is 10.3. The maximum Gasteiger partial charge on any atom is 0.228 e. The van der Waals surface area contributed by atoms with Crippen LogP contribution in [0.15, 0.2) is 122 Å². The van der Waals surface area contributed by atoms with Crippen LogP contribution in [-0.4, -0.2) is 63.5 Å². The van der Waals surface area contributed by atoms with E-state index in [2.05, 4.69) is 20.6 Å². The number of aliphatic hydroxyl groups is 2. The van der Waals surface area contributed by atoms with Gasteiger partial charge in [-0.05, 0) is 95.1 Å². The smallest absolute Gasteiger partial charge is 0.228 e. The fourth-order valence-corrected chi connectivity index (χ4v) is 7.54. The van der Waals surface area contributed by atoms with Crippen LogP contribution in [0.4, 0.5) is 23.3 Å². The van der Waals surface area contributed by atoms with E-state index in [0.717, 1.165) is 28.3 Å². The second-order valence-corrected chi connectivity index (χ2v) is 16.7. The topological polar surface area (TPSA) is 170 Å². The van der Waals surface area contributed by atoms with Crippen LogP contribution in [0.5, 0.6) is 11.5 Å². The van der Waals surface area contributed by atoms with Crippen molar-refractivity contribution in [1.82, 2.24) is 39.0 Å². The molecule has 0 amide bonds. The van der Waals surface area contributed by atoms with Crippen LogP contribution in [-0.2, 0) is 11.2 Å². The highest BCUT2D eigenvalue weighted by Gasteiger charge is 2.34. The number of rotatable bonds is 15. The number of methoxy groups -OCH3 is 2. The molecule has 16 heteroatoms. The maximum atomic E-state index is 12.3. The number of hydrogen-bond acceptors (Lipinski definition) is 12. The van der Waals surface area contributed by atoms with E-state index < -0.39 is 11.2 Å². The molecule has 4 aromatic carbocycles. The van der Waals surface area contributed by atoms with Crippen molar-refractivity contribution in [2.75, 3.05) is 24.9 Å². The average Bonchev–Trinajstić information content (AvgIpc) is 3.93. The normalized spacial score (nSPS) is 13.2. The average molecular weight is 898 g/mol. The van der Waals surface area contributed by atoms with Crippen molar-refractivity contribution in [3.05, 3.63) is 155 Å². The van der Waals surface area contributed by atoms with Crippen LogP contribution in [0.3, 0.4) is 0 Å². The summed E-state index contributed by atoms with van der Waals surface area (Å²) in [6.07, 6.45) is 7.42. The highest BCUT2D eigenvalue weighted by molar-refractivity contribution is 6.33. The summed E-state index contributed by atoms with van der Waals surface area (Å²) in [6.45, 7) is 7.16. The van der Waals surface area contributed by atoms with Crippen molar-refractivity contribution in [3.8, 4) is 45.4 Å². The van der Waals surface area contributed by atoms with E-state index in [1.165, 1.54) is 0 Å². The number of halogens is 2. The van der Waals surface area contributed by atoms with E-state index >= 15 is 0 Å². The van der Waals surface area contributed by atoms with Crippen molar-refractivity contribution in [2.24, 2.45) is 0 Å². The van der Waals surface area contributed by atoms with E-state index in [4.69, 9.17) is 52.6 Å². The van der Waals surface area contributed by atoms with Gasteiger partial charge in [-0.1, -0.05) is 53.5 Å². The van der Waals surface area contributed by atoms with Gasteiger partial charge >= 0.3 is 0 Å². The van der Waals surface area contributed by atoms with E-state index in [1.54, 1.807) is 71.1 Å². The molecule has 0 spiro atoms. The minimum Gasteiger partial charge on any atom is -0.494 e. The molecule has 0 saturated carbocycles. The summed E-state index contributed by atoms with van der Waals surface area (Å²) < 4.78 is 15.3. The molecule has 0 saturated heterocycles. The van der Waals surface area contributed by atoms with Gasteiger partial charge in [-0.2, -0.15) is 0 Å². The van der Waals surface area contributed by atoms with Crippen LogP contribution in [0.1, 0.15) is 49.5 Å². The molecule has 0 bridgehead atoms. The van der Waals surface area contributed by atoms with Crippen LogP contribution in [0.2, 0.25) is 10.0 Å². The van der Waals surface area contributed by atoms with E-state index in [0.29, 0.717) is 61.3 Å². The molecule has 2 unspecified atom stereocenters. The van der Waals surface area contributed by atoms with Crippen molar-refractivity contribution in [2.45, 2.75) is 51.7 Å². The Morgan fingerprint density at radius 2 is 1.09 bits per heavy atom. The second-order valence-electron chi connectivity index (χ2n) is 15.8. The molecule has 0 radical (unpaired) electrons. The van der Waals surface area contributed by atoms with Gasteiger partial charge < -0.3 is 39.5 Å². The SMILES string of the molecule is COc1cc(Nc2nc(-c3ccc(Cl)cc3)cc(C(C)(O)CCC(C)(O)c3cc(-c4ccccc4Cl)nc(Nc4ccc(-n5cnc(C)c5)c(OC)c4)n3)n2)ccc1-n1cnc(C)c1. The zero-order chi connectivity index (χ0) is 45.2. The van der Waals surface area contributed by atoms with Crippen molar-refractivity contribution in [1.29, 1.82) is 0 Å². The third-order valence-corrected chi connectivity index (χ3v) is 11.4. The predicted molar refractivity (Wildman–Crippen MR) is 250 cm³/mol. The summed E-state index contributed by atoms with van der Waals surface area (Å²) in [5, 5.41) is 32.2. The minimum atomic E-state index is -1.57. The lowest BCUT2D eigenvalue weighted by atomic mass is 9.86. The third-order valence-electron chi connectivity index (χ3n) is 10.8. The second kappa shape index (κ2) is 18.1. The molecule has 0 fully saturated rings. The van der Waals surface area contributed by atoms with Gasteiger partial charge in [0.25, 0.3) is 0 Å². The molecular formula is C48H46Cl2N10O4. The van der Waals surface area contributed by atoms with Gasteiger partial charge in [0.1, 0.15) is 22.7 Å². The summed E-state index contributed by atoms with van der Waals surface area (Å²) in [5.74, 6) is 1.66. The first kappa shape index (κ1) is 43.8. The minimum absolute atomic E-state index is 0.0701. The Morgan fingerprint density at radius 3 is 1.56 bits per heavy atom. The molecule has 4 heterocycles. The Morgan fingerprint density at radius 1 is 0.609 bits per heavy atom. The number of imidazole rings is 2. The van der Waals surface area contributed by atoms with Gasteiger partial charge in [-0.25, -0.2) is 29.9 Å². The van der Waals surface area contributed by atoms with Crippen molar-refractivity contribution in [3.63, 3.8) is 0 Å². The Balaban J connectivity index is 1.10.